The highest BCUT2D eigenvalue weighted by atomic mass is 16.1. The van der Waals surface area contributed by atoms with Crippen molar-refractivity contribution in [2.75, 3.05) is 10.6 Å². The Balaban J connectivity index is 1.78. The maximum absolute atomic E-state index is 11.1. The van der Waals surface area contributed by atoms with E-state index in [1.807, 2.05) is 30.5 Å². The van der Waals surface area contributed by atoms with Crippen molar-refractivity contribution in [1.29, 1.82) is 0 Å². The summed E-state index contributed by atoms with van der Waals surface area (Å²) in [5.41, 5.74) is 7.20. The van der Waals surface area contributed by atoms with E-state index in [1.54, 1.807) is 19.2 Å². The normalized spacial score (nSPS) is 12.0. The van der Waals surface area contributed by atoms with Crippen LogP contribution in [-0.4, -0.2) is 26.9 Å². The van der Waals surface area contributed by atoms with Gasteiger partial charge in [0.05, 0.1) is 0 Å². The average molecular weight is 296 g/mol. The van der Waals surface area contributed by atoms with E-state index in [2.05, 4.69) is 25.6 Å². The molecule has 2 aromatic heterocycles. The van der Waals surface area contributed by atoms with Crippen LogP contribution in [0.2, 0.25) is 0 Å². The molecule has 0 bridgehead atoms. The molecule has 0 saturated heterocycles. The monoisotopic (exact) mass is 296 g/mol. The Labute approximate surface area is 127 Å². The molecule has 1 atom stereocenters. The minimum absolute atomic E-state index is 0.346. The lowest BCUT2D eigenvalue weighted by Crippen LogP contribution is -2.33. The fourth-order valence-corrected chi connectivity index (χ4v) is 2.04. The van der Waals surface area contributed by atoms with Crippen molar-refractivity contribution in [3.05, 3.63) is 42.7 Å². The van der Waals surface area contributed by atoms with Crippen LogP contribution in [0.25, 0.3) is 10.9 Å². The van der Waals surface area contributed by atoms with Crippen molar-refractivity contribution >= 4 is 34.3 Å². The fraction of sp³-hybridized carbons (Fsp3) is 0.133. The maximum Gasteiger partial charge on any atom is 0.239 e. The lowest BCUT2D eigenvalue weighted by Gasteiger charge is -2.11. The summed E-state index contributed by atoms with van der Waals surface area (Å²) >= 11 is 0. The molecule has 2 heterocycles. The highest BCUT2D eigenvalue weighted by molar-refractivity contribution is 5.84. The van der Waals surface area contributed by atoms with Gasteiger partial charge >= 0.3 is 0 Å². The Morgan fingerprint density at radius 1 is 1.32 bits per heavy atom. The average Bonchev–Trinajstić information content (AvgIpc) is 2.95. The molecule has 1 aromatic carbocycles. The van der Waals surface area contributed by atoms with Gasteiger partial charge in [0.15, 0.2) is 0 Å². The molecule has 0 unspecified atom stereocenters. The molecular formula is C15H16N6O. The zero-order valence-corrected chi connectivity index (χ0v) is 12.0. The molecule has 22 heavy (non-hydrogen) atoms. The van der Waals surface area contributed by atoms with Crippen LogP contribution < -0.4 is 16.4 Å². The third-order valence-corrected chi connectivity index (χ3v) is 3.25. The van der Waals surface area contributed by atoms with Crippen molar-refractivity contribution in [1.82, 2.24) is 15.0 Å². The molecule has 5 N–H and O–H groups in total. The van der Waals surface area contributed by atoms with E-state index in [0.717, 1.165) is 16.6 Å². The van der Waals surface area contributed by atoms with Crippen LogP contribution in [0.5, 0.6) is 0 Å². The van der Waals surface area contributed by atoms with E-state index in [4.69, 9.17) is 5.73 Å². The van der Waals surface area contributed by atoms with Gasteiger partial charge in [-0.3, -0.25) is 4.79 Å². The second-order valence-corrected chi connectivity index (χ2v) is 4.94. The number of nitrogens with one attached hydrogen (secondary N) is 3. The number of carbonyl (C=O) groups excluding carboxylic acids is 1. The Hall–Kier alpha value is -3.09. The highest BCUT2D eigenvalue weighted by Crippen LogP contribution is 2.21. The Morgan fingerprint density at radius 3 is 3.00 bits per heavy atom. The second-order valence-electron chi connectivity index (χ2n) is 4.94. The van der Waals surface area contributed by atoms with Gasteiger partial charge in [-0.2, -0.15) is 4.98 Å². The van der Waals surface area contributed by atoms with Crippen LogP contribution in [0.1, 0.15) is 6.92 Å². The molecule has 7 nitrogen and oxygen atoms in total. The van der Waals surface area contributed by atoms with Crippen molar-refractivity contribution in [2.45, 2.75) is 13.0 Å². The number of amides is 1. The number of anilines is 3. The van der Waals surface area contributed by atoms with Crippen LogP contribution in [0, 0.1) is 0 Å². The lowest BCUT2D eigenvalue weighted by molar-refractivity contribution is -0.118. The van der Waals surface area contributed by atoms with Gasteiger partial charge in [0.1, 0.15) is 11.9 Å². The van der Waals surface area contributed by atoms with Gasteiger partial charge in [-0.25, -0.2) is 4.98 Å². The predicted octanol–water partition coefficient (Wildman–Crippen LogP) is 1.99. The van der Waals surface area contributed by atoms with E-state index < -0.39 is 11.9 Å². The standard InChI is InChI=1S/C15H16N6O/c1-9(14(16)22)19-15-18-7-5-13(21-15)20-11-2-3-12-10(8-11)4-6-17-12/h2-9,17H,1H3,(H2,16,22)(H2,18,19,20,21)/t9-/m1/s1. The first kappa shape index (κ1) is 13.9. The van der Waals surface area contributed by atoms with Gasteiger partial charge in [-0.15, -0.1) is 0 Å². The number of fused-ring (bicyclic) bond motifs is 1. The van der Waals surface area contributed by atoms with E-state index >= 15 is 0 Å². The molecule has 0 saturated carbocycles. The molecule has 3 aromatic rings. The Kier molecular flexibility index (Phi) is 3.61. The molecule has 0 spiro atoms. The Morgan fingerprint density at radius 2 is 2.18 bits per heavy atom. The summed E-state index contributed by atoms with van der Waals surface area (Å²) in [4.78, 5) is 22.6. The van der Waals surface area contributed by atoms with E-state index in [1.165, 1.54) is 0 Å². The van der Waals surface area contributed by atoms with Gasteiger partial charge in [0.2, 0.25) is 11.9 Å². The van der Waals surface area contributed by atoms with Gasteiger partial charge in [0, 0.05) is 29.0 Å². The number of aromatic amines is 1. The van der Waals surface area contributed by atoms with Crippen LogP contribution in [-0.2, 0) is 4.79 Å². The van der Waals surface area contributed by atoms with E-state index in [9.17, 15) is 4.79 Å². The van der Waals surface area contributed by atoms with Crippen LogP contribution >= 0.6 is 0 Å². The highest BCUT2D eigenvalue weighted by Gasteiger charge is 2.10. The molecular weight excluding hydrogens is 280 g/mol. The van der Waals surface area contributed by atoms with E-state index in [0.29, 0.717) is 11.8 Å². The summed E-state index contributed by atoms with van der Waals surface area (Å²) < 4.78 is 0. The molecule has 3 rings (SSSR count). The van der Waals surface area contributed by atoms with Crippen molar-refractivity contribution in [3.8, 4) is 0 Å². The van der Waals surface area contributed by atoms with Gasteiger partial charge in [-0.05, 0) is 37.3 Å². The largest absolute Gasteiger partial charge is 0.368 e. The predicted molar refractivity (Wildman–Crippen MR) is 85.9 cm³/mol. The maximum atomic E-state index is 11.1. The molecule has 1 amide bonds. The van der Waals surface area contributed by atoms with Crippen molar-refractivity contribution < 1.29 is 4.79 Å². The summed E-state index contributed by atoms with van der Waals surface area (Å²) in [7, 11) is 0. The topological polar surface area (TPSA) is 109 Å². The number of H-pyrrole nitrogens is 1. The van der Waals surface area contributed by atoms with Gasteiger partial charge in [-0.1, -0.05) is 0 Å². The zero-order chi connectivity index (χ0) is 15.5. The van der Waals surface area contributed by atoms with Crippen molar-refractivity contribution in [3.63, 3.8) is 0 Å². The summed E-state index contributed by atoms with van der Waals surface area (Å²) in [5, 5.41) is 7.17. The number of benzene rings is 1. The van der Waals surface area contributed by atoms with E-state index in [-0.39, 0.29) is 0 Å². The number of nitrogens with zero attached hydrogens (tertiary/aromatic N) is 2. The Bertz CT molecular complexity index is 812. The summed E-state index contributed by atoms with van der Waals surface area (Å²) in [5.74, 6) is 0.517. The third kappa shape index (κ3) is 2.98. The molecule has 0 radical (unpaired) electrons. The van der Waals surface area contributed by atoms with Gasteiger partial charge in [0.25, 0.3) is 0 Å². The number of primary amides is 1. The molecule has 7 heteroatoms. The molecule has 0 aliphatic carbocycles. The first-order valence-corrected chi connectivity index (χ1v) is 6.85. The lowest BCUT2D eigenvalue weighted by atomic mass is 10.2. The van der Waals surface area contributed by atoms with Crippen LogP contribution in [0.4, 0.5) is 17.5 Å². The SMILES string of the molecule is C[C@@H](Nc1nccc(Nc2ccc3[nH]ccc3c2)n1)C(N)=O. The third-order valence-electron chi connectivity index (χ3n) is 3.25. The van der Waals surface area contributed by atoms with Crippen molar-refractivity contribution in [2.24, 2.45) is 5.73 Å². The molecule has 0 aliphatic heterocycles. The number of carbonyl (C=O) groups is 1. The molecule has 0 aliphatic rings. The summed E-state index contributed by atoms with van der Waals surface area (Å²) in [6.45, 7) is 1.66. The number of nitrogens with two attached hydrogens (primary N) is 1. The minimum Gasteiger partial charge on any atom is -0.368 e. The second kappa shape index (κ2) is 5.72. The zero-order valence-electron chi connectivity index (χ0n) is 12.0. The van der Waals surface area contributed by atoms with Gasteiger partial charge < -0.3 is 21.4 Å². The number of aromatic nitrogens is 3. The summed E-state index contributed by atoms with van der Waals surface area (Å²) in [6.07, 6.45) is 3.51. The fourth-order valence-electron chi connectivity index (χ4n) is 2.04. The van der Waals surface area contributed by atoms with Crippen LogP contribution in [0.3, 0.4) is 0 Å². The molecule has 0 fully saturated rings. The molecule has 112 valence electrons. The summed E-state index contributed by atoms with van der Waals surface area (Å²) in [6, 6.07) is 9.19. The number of rotatable bonds is 5. The first-order valence-electron chi connectivity index (χ1n) is 6.85. The quantitative estimate of drug-likeness (QED) is 0.575. The first-order chi connectivity index (χ1) is 10.6. The minimum atomic E-state index is -0.536. The van der Waals surface area contributed by atoms with Crippen LogP contribution in [0.15, 0.2) is 42.7 Å². The smallest absolute Gasteiger partial charge is 0.239 e. The number of hydrogen-bond donors (Lipinski definition) is 4. The number of hydrogen-bond acceptors (Lipinski definition) is 5.